The van der Waals surface area contributed by atoms with E-state index in [1.54, 1.807) is 6.92 Å². The number of furan rings is 1. The van der Waals surface area contributed by atoms with Crippen LogP contribution in [0, 0.1) is 12.8 Å². The second kappa shape index (κ2) is 5.36. The third-order valence-corrected chi connectivity index (χ3v) is 4.43. The number of carbonyl (C=O) groups excluding carboxylic acids is 1. The first-order valence-electron chi connectivity index (χ1n) is 7.52. The van der Waals surface area contributed by atoms with E-state index < -0.39 is 23.7 Å². The molecule has 1 aliphatic carbocycles. The highest BCUT2D eigenvalue weighted by Crippen LogP contribution is 2.48. The lowest BCUT2D eigenvalue weighted by Crippen LogP contribution is -2.61. The van der Waals surface area contributed by atoms with Crippen molar-refractivity contribution in [2.24, 2.45) is 11.0 Å². The summed E-state index contributed by atoms with van der Waals surface area (Å²) in [5.41, 5.74) is -3.08. The first-order valence-corrected chi connectivity index (χ1v) is 7.52. The number of hydrazone groups is 1. The van der Waals surface area contributed by atoms with Crippen LogP contribution in [0.25, 0.3) is 0 Å². The van der Waals surface area contributed by atoms with Gasteiger partial charge in [0.15, 0.2) is 5.76 Å². The molecule has 0 aromatic carbocycles. The van der Waals surface area contributed by atoms with Crippen molar-refractivity contribution in [3.63, 3.8) is 0 Å². The minimum atomic E-state index is -5.01. The third-order valence-electron chi connectivity index (χ3n) is 4.43. The van der Waals surface area contributed by atoms with Crippen molar-refractivity contribution in [1.29, 1.82) is 0 Å². The van der Waals surface area contributed by atoms with Gasteiger partial charge in [0.1, 0.15) is 5.76 Å². The zero-order valence-electron chi connectivity index (χ0n) is 12.6. The molecule has 1 amide bonds. The predicted octanol–water partition coefficient (Wildman–Crippen LogP) is 3.23. The second-order valence-corrected chi connectivity index (χ2v) is 5.99. The van der Waals surface area contributed by atoms with Crippen molar-refractivity contribution in [3.05, 3.63) is 23.7 Å². The van der Waals surface area contributed by atoms with Crippen LogP contribution < -0.4 is 0 Å². The standard InChI is InChI=1S/C15H17F3N2O3/c1-9-7-8-12(23-9)13(21)20-14(22,15(16,17)18)10-5-3-2-4-6-11(10)19-20/h7-8,10,22H,2-6H2,1H3/t10-,14-/m0/s1. The monoisotopic (exact) mass is 330 g/mol. The molecule has 1 fully saturated rings. The van der Waals surface area contributed by atoms with Crippen molar-refractivity contribution in [1.82, 2.24) is 5.01 Å². The average molecular weight is 330 g/mol. The molecule has 2 atom stereocenters. The van der Waals surface area contributed by atoms with Gasteiger partial charge in [-0.05, 0) is 38.3 Å². The molecule has 2 aliphatic rings. The second-order valence-electron chi connectivity index (χ2n) is 5.99. The Bertz CT molecular complexity index is 653. The van der Waals surface area contributed by atoms with Gasteiger partial charge >= 0.3 is 12.1 Å². The number of amides is 1. The summed E-state index contributed by atoms with van der Waals surface area (Å²) in [4.78, 5) is 12.4. The fraction of sp³-hybridized carbons (Fsp3) is 0.600. The summed E-state index contributed by atoms with van der Waals surface area (Å²) in [7, 11) is 0. The van der Waals surface area contributed by atoms with Gasteiger partial charge in [0.25, 0.3) is 5.72 Å². The molecule has 0 spiro atoms. The summed E-state index contributed by atoms with van der Waals surface area (Å²) >= 11 is 0. The molecule has 0 radical (unpaired) electrons. The Kier molecular flexibility index (Phi) is 3.74. The quantitative estimate of drug-likeness (QED) is 0.860. The van der Waals surface area contributed by atoms with Crippen LogP contribution in [0.5, 0.6) is 0 Å². The number of fused-ring (bicyclic) bond motifs is 1. The van der Waals surface area contributed by atoms with Crippen molar-refractivity contribution in [3.8, 4) is 0 Å². The third kappa shape index (κ3) is 2.45. The molecule has 8 heteroatoms. The number of alkyl halides is 3. The van der Waals surface area contributed by atoms with Crippen molar-refractivity contribution in [2.45, 2.75) is 50.9 Å². The number of hydrogen-bond donors (Lipinski definition) is 1. The molecule has 0 bridgehead atoms. The zero-order chi connectivity index (χ0) is 16.8. The molecule has 126 valence electrons. The van der Waals surface area contributed by atoms with Crippen LogP contribution in [0.3, 0.4) is 0 Å². The lowest BCUT2D eigenvalue weighted by atomic mass is 9.87. The maximum absolute atomic E-state index is 13.6. The highest BCUT2D eigenvalue weighted by atomic mass is 19.4. The van der Waals surface area contributed by atoms with Crippen LogP contribution in [0.1, 0.15) is 48.4 Å². The number of halogens is 3. The molecule has 1 saturated carbocycles. The van der Waals surface area contributed by atoms with Crippen LogP contribution in [0.4, 0.5) is 13.2 Å². The minimum absolute atomic E-state index is 0.149. The topological polar surface area (TPSA) is 66.0 Å². The van der Waals surface area contributed by atoms with Crippen LogP contribution in [0.15, 0.2) is 21.7 Å². The number of hydrogen-bond acceptors (Lipinski definition) is 4. The Morgan fingerprint density at radius 2 is 2.13 bits per heavy atom. The summed E-state index contributed by atoms with van der Waals surface area (Å²) in [6.45, 7) is 1.58. The fourth-order valence-electron chi connectivity index (χ4n) is 3.25. The molecular weight excluding hydrogens is 313 g/mol. The number of aliphatic hydroxyl groups is 1. The fourth-order valence-corrected chi connectivity index (χ4v) is 3.25. The Morgan fingerprint density at radius 3 is 2.74 bits per heavy atom. The number of rotatable bonds is 1. The van der Waals surface area contributed by atoms with Crippen LogP contribution in [-0.4, -0.2) is 33.6 Å². The number of carbonyl (C=O) groups is 1. The van der Waals surface area contributed by atoms with Crippen molar-refractivity contribution >= 4 is 11.6 Å². The van der Waals surface area contributed by atoms with Crippen LogP contribution in [0.2, 0.25) is 0 Å². The van der Waals surface area contributed by atoms with E-state index in [4.69, 9.17) is 4.42 Å². The summed E-state index contributed by atoms with van der Waals surface area (Å²) < 4.78 is 46.0. The molecule has 0 unspecified atom stereocenters. The molecule has 1 aromatic heterocycles. The van der Waals surface area contributed by atoms with E-state index in [1.165, 1.54) is 12.1 Å². The molecule has 1 aromatic rings. The zero-order valence-corrected chi connectivity index (χ0v) is 12.6. The highest BCUT2D eigenvalue weighted by molar-refractivity contribution is 5.97. The van der Waals surface area contributed by atoms with Crippen LogP contribution >= 0.6 is 0 Å². The van der Waals surface area contributed by atoms with Crippen LogP contribution in [-0.2, 0) is 0 Å². The van der Waals surface area contributed by atoms with Crippen molar-refractivity contribution in [2.75, 3.05) is 0 Å². The Hall–Kier alpha value is -1.83. The van der Waals surface area contributed by atoms with Crippen molar-refractivity contribution < 1.29 is 27.5 Å². The molecule has 2 heterocycles. The maximum Gasteiger partial charge on any atom is 0.439 e. The SMILES string of the molecule is Cc1ccc(C(=O)N2N=C3CCCCC[C@@H]3[C@]2(O)C(F)(F)F)o1. The summed E-state index contributed by atoms with van der Waals surface area (Å²) in [6, 6.07) is 2.75. The smallest absolute Gasteiger partial charge is 0.439 e. The van der Waals surface area contributed by atoms with Gasteiger partial charge in [0.05, 0.1) is 5.92 Å². The lowest BCUT2D eigenvalue weighted by Gasteiger charge is -2.36. The summed E-state index contributed by atoms with van der Waals surface area (Å²) in [5, 5.41) is 14.5. The summed E-state index contributed by atoms with van der Waals surface area (Å²) in [6.07, 6.45) is -2.46. The van der Waals surface area contributed by atoms with Gasteiger partial charge in [-0.15, -0.1) is 0 Å². The normalized spacial score (nSPS) is 28.3. The molecule has 1 N–H and O–H groups in total. The molecule has 3 rings (SSSR count). The molecule has 5 nitrogen and oxygen atoms in total. The molecule has 0 saturated heterocycles. The highest BCUT2D eigenvalue weighted by Gasteiger charge is 2.68. The van der Waals surface area contributed by atoms with Gasteiger partial charge < -0.3 is 9.52 Å². The predicted molar refractivity (Wildman–Crippen MR) is 74.6 cm³/mol. The first kappa shape index (κ1) is 16.0. The van der Waals surface area contributed by atoms with E-state index in [-0.39, 0.29) is 22.9 Å². The van der Waals surface area contributed by atoms with E-state index in [0.29, 0.717) is 25.0 Å². The van der Waals surface area contributed by atoms with E-state index in [2.05, 4.69) is 5.10 Å². The van der Waals surface area contributed by atoms with E-state index >= 15 is 0 Å². The van der Waals surface area contributed by atoms with Gasteiger partial charge in [0.2, 0.25) is 0 Å². The van der Waals surface area contributed by atoms with E-state index in [0.717, 1.165) is 6.42 Å². The Morgan fingerprint density at radius 1 is 1.39 bits per heavy atom. The summed E-state index contributed by atoms with van der Waals surface area (Å²) in [5.74, 6) is -2.18. The Balaban J connectivity index is 2.04. The van der Waals surface area contributed by atoms with Gasteiger partial charge in [-0.25, -0.2) is 0 Å². The molecule has 23 heavy (non-hydrogen) atoms. The Labute approximate surface area is 130 Å². The maximum atomic E-state index is 13.6. The van der Waals surface area contributed by atoms with Gasteiger partial charge in [-0.2, -0.15) is 23.3 Å². The minimum Gasteiger partial charge on any atom is -0.456 e. The largest absolute Gasteiger partial charge is 0.456 e. The number of aryl methyl sites for hydroxylation is 1. The average Bonchev–Trinajstić information content (AvgIpc) is 2.92. The van der Waals surface area contributed by atoms with Gasteiger partial charge in [-0.1, -0.05) is 12.8 Å². The first-order chi connectivity index (χ1) is 10.7. The van der Waals surface area contributed by atoms with Gasteiger partial charge in [-0.3, -0.25) is 4.79 Å². The number of nitrogens with zero attached hydrogens (tertiary/aromatic N) is 2. The lowest BCUT2D eigenvalue weighted by molar-refractivity contribution is -0.312. The van der Waals surface area contributed by atoms with Gasteiger partial charge in [0, 0.05) is 5.71 Å². The van der Waals surface area contributed by atoms with E-state index in [9.17, 15) is 23.1 Å². The van der Waals surface area contributed by atoms with E-state index in [1.807, 2.05) is 0 Å². The molecule has 1 aliphatic heterocycles. The molecular formula is C15H17F3N2O3.